The molecule has 2 aliphatic heterocycles. The summed E-state index contributed by atoms with van der Waals surface area (Å²) >= 11 is 0. The van der Waals surface area contributed by atoms with Crippen LogP contribution in [0.2, 0.25) is 0 Å². The molecule has 0 radical (unpaired) electrons. The SMILES string of the molecule is CC1Oc2ccccc2C=C1C=CC(=O)NCC1CCCO1. The third kappa shape index (κ3) is 3.57. The van der Waals surface area contributed by atoms with Gasteiger partial charge in [0, 0.05) is 24.8 Å². The van der Waals surface area contributed by atoms with E-state index in [1.165, 1.54) is 0 Å². The van der Waals surface area contributed by atoms with Gasteiger partial charge in [-0.2, -0.15) is 0 Å². The Bertz CT molecular complexity index is 600. The summed E-state index contributed by atoms with van der Waals surface area (Å²) in [7, 11) is 0. The average Bonchev–Trinajstić information content (AvgIpc) is 3.04. The second-order valence-corrected chi connectivity index (χ2v) is 5.66. The Morgan fingerprint density at radius 3 is 3.09 bits per heavy atom. The van der Waals surface area contributed by atoms with Crippen molar-refractivity contribution in [2.24, 2.45) is 0 Å². The van der Waals surface area contributed by atoms with Crippen LogP contribution < -0.4 is 10.1 Å². The van der Waals surface area contributed by atoms with Crippen LogP contribution in [0.5, 0.6) is 5.75 Å². The predicted octanol–water partition coefficient (Wildman–Crippen LogP) is 2.70. The molecule has 4 nitrogen and oxygen atoms in total. The molecule has 1 N–H and O–H groups in total. The third-order valence-electron chi connectivity index (χ3n) is 3.97. The van der Waals surface area contributed by atoms with Gasteiger partial charge in [-0.1, -0.05) is 18.2 Å². The van der Waals surface area contributed by atoms with Gasteiger partial charge in [-0.15, -0.1) is 0 Å². The quantitative estimate of drug-likeness (QED) is 0.870. The average molecular weight is 299 g/mol. The first-order valence-corrected chi connectivity index (χ1v) is 7.77. The van der Waals surface area contributed by atoms with E-state index in [1.807, 2.05) is 37.3 Å². The van der Waals surface area contributed by atoms with Crippen molar-refractivity contribution in [3.8, 4) is 5.75 Å². The summed E-state index contributed by atoms with van der Waals surface area (Å²) < 4.78 is 11.3. The molecule has 2 atom stereocenters. The van der Waals surface area contributed by atoms with Gasteiger partial charge in [0.05, 0.1) is 6.10 Å². The molecule has 0 spiro atoms. The molecule has 2 aliphatic rings. The maximum absolute atomic E-state index is 11.9. The van der Waals surface area contributed by atoms with Gasteiger partial charge >= 0.3 is 0 Å². The summed E-state index contributed by atoms with van der Waals surface area (Å²) in [5.74, 6) is 0.789. The molecule has 4 heteroatoms. The number of hydrogen-bond donors (Lipinski definition) is 1. The van der Waals surface area contributed by atoms with Crippen molar-refractivity contribution in [1.29, 1.82) is 0 Å². The number of carbonyl (C=O) groups is 1. The van der Waals surface area contributed by atoms with E-state index in [0.29, 0.717) is 6.54 Å². The second kappa shape index (κ2) is 6.79. The number of para-hydroxylation sites is 1. The monoisotopic (exact) mass is 299 g/mol. The topological polar surface area (TPSA) is 47.6 Å². The van der Waals surface area contributed by atoms with Crippen LogP contribution in [-0.2, 0) is 9.53 Å². The van der Waals surface area contributed by atoms with Crippen LogP contribution >= 0.6 is 0 Å². The molecule has 0 bridgehead atoms. The Morgan fingerprint density at radius 2 is 2.27 bits per heavy atom. The molecule has 2 heterocycles. The lowest BCUT2D eigenvalue weighted by Crippen LogP contribution is -2.30. The number of carbonyl (C=O) groups excluding carboxylic acids is 1. The highest BCUT2D eigenvalue weighted by atomic mass is 16.5. The van der Waals surface area contributed by atoms with Crippen molar-refractivity contribution in [2.45, 2.75) is 32.0 Å². The van der Waals surface area contributed by atoms with Crippen molar-refractivity contribution in [3.63, 3.8) is 0 Å². The lowest BCUT2D eigenvalue weighted by Gasteiger charge is -2.22. The van der Waals surface area contributed by atoms with Crippen LogP contribution in [0, 0.1) is 0 Å². The van der Waals surface area contributed by atoms with E-state index in [1.54, 1.807) is 6.08 Å². The number of benzene rings is 1. The van der Waals surface area contributed by atoms with Crippen molar-refractivity contribution in [2.75, 3.05) is 13.2 Å². The Morgan fingerprint density at radius 1 is 1.41 bits per heavy atom. The maximum atomic E-state index is 11.9. The molecule has 3 rings (SSSR count). The number of rotatable bonds is 4. The van der Waals surface area contributed by atoms with E-state index in [9.17, 15) is 4.79 Å². The Balaban J connectivity index is 1.59. The number of hydrogen-bond acceptors (Lipinski definition) is 3. The first kappa shape index (κ1) is 14.9. The molecule has 22 heavy (non-hydrogen) atoms. The molecule has 1 amide bonds. The van der Waals surface area contributed by atoms with Gasteiger partial charge in [0.2, 0.25) is 5.91 Å². The van der Waals surface area contributed by atoms with Crippen LogP contribution in [-0.4, -0.2) is 31.3 Å². The van der Waals surface area contributed by atoms with Crippen LogP contribution in [0.25, 0.3) is 6.08 Å². The van der Waals surface area contributed by atoms with Crippen LogP contribution in [0.4, 0.5) is 0 Å². The smallest absolute Gasteiger partial charge is 0.244 e. The molecule has 2 unspecified atom stereocenters. The summed E-state index contributed by atoms with van der Waals surface area (Å²) in [5, 5.41) is 2.88. The van der Waals surface area contributed by atoms with Crippen LogP contribution in [0.15, 0.2) is 42.0 Å². The predicted molar refractivity (Wildman–Crippen MR) is 85.6 cm³/mol. The highest BCUT2D eigenvalue weighted by molar-refractivity contribution is 5.88. The van der Waals surface area contributed by atoms with E-state index < -0.39 is 0 Å². The van der Waals surface area contributed by atoms with E-state index in [-0.39, 0.29) is 18.1 Å². The normalized spacial score (nSPS) is 23.8. The summed E-state index contributed by atoms with van der Waals surface area (Å²) in [4.78, 5) is 11.9. The molecule has 1 fully saturated rings. The van der Waals surface area contributed by atoms with Gasteiger partial charge in [0.15, 0.2) is 0 Å². The first-order chi connectivity index (χ1) is 10.7. The Labute approximate surface area is 130 Å². The lowest BCUT2D eigenvalue weighted by molar-refractivity contribution is -0.117. The molecule has 1 aromatic rings. The first-order valence-electron chi connectivity index (χ1n) is 7.77. The summed E-state index contributed by atoms with van der Waals surface area (Å²) in [6.07, 6.45) is 7.67. The third-order valence-corrected chi connectivity index (χ3v) is 3.97. The van der Waals surface area contributed by atoms with E-state index in [0.717, 1.165) is 36.3 Å². The Hall–Kier alpha value is -2.07. The number of nitrogens with one attached hydrogen (secondary N) is 1. The molecular formula is C18H21NO3. The van der Waals surface area contributed by atoms with Crippen molar-refractivity contribution < 1.29 is 14.3 Å². The largest absolute Gasteiger partial charge is 0.485 e. The van der Waals surface area contributed by atoms with E-state index >= 15 is 0 Å². The van der Waals surface area contributed by atoms with Gasteiger partial charge in [-0.3, -0.25) is 4.79 Å². The van der Waals surface area contributed by atoms with Gasteiger partial charge in [-0.25, -0.2) is 0 Å². The highest BCUT2D eigenvalue weighted by Crippen LogP contribution is 2.29. The highest BCUT2D eigenvalue weighted by Gasteiger charge is 2.17. The second-order valence-electron chi connectivity index (χ2n) is 5.66. The fourth-order valence-electron chi connectivity index (χ4n) is 2.70. The number of fused-ring (bicyclic) bond motifs is 1. The fourth-order valence-corrected chi connectivity index (χ4v) is 2.70. The molecule has 0 saturated carbocycles. The van der Waals surface area contributed by atoms with Gasteiger partial charge in [0.25, 0.3) is 0 Å². The minimum absolute atomic E-state index is 0.0582. The fraction of sp³-hybridized carbons (Fsp3) is 0.389. The maximum Gasteiger partial charge on any atom is 0.244 e. The summed E-state index contributed by atoms with van der Waals surface area (Å²) in [5.41, 5.74) is 2.03. The zero-order valence-corrected chi connectivity index (χ0v) is 12.7. The van der Waals surface area contributed by atoms with Crippen molar-refractivity contribution >= 4 is 12.0 Å². The Kier molecular flexibility index (Phi) is 4.59. The summed E-state index contributed by atoms with van der Waals surface area (Å²) in [6.45, 7) is 3.37. The molecule has 0 aromatic heterocycles. The van der Waals surface area contributed by atoms with Crippen LogP contribution in [0.3, 0.4) is 0 Å². The van der Waals surface area contributed by atoms with Gasteiger partial charge in [-0.05, 0) is 43.6 Å². The zero-order valence-electron chi connectivity index (χ0n) is 12.7. The minimum atomic E-state index is -0.0949. The number of amides is 1. The molecule has 1 saturated heterocycles. The van der Waals surface area contributed by atoms with Crippen LogP contribution in [0.1, 0.15) is 25.3 Å². The minimum Gasteiger partial charge on any atom is -0.485 e. The number of ether oxygens (including phenoxy) is 2. The lowest BCUT2D eigenvalue weighted by atomic mass is 10.0. The molecule has 0 aliphatic carbocycles. The standard InChI is InChI=1S/C18H21NO3/c1-13-14(11-15-5-2-3-7-17(15)22-13)8-9-18(20)19-12-16-6-4-10-21-16/h2-3,5,7-9,11,13,16H,4,6,10,12H2,1H3,(H,19,20). The van der Waals surface area contributed by atoms with Gasteiger partial charge < -0.3 is 14.8 Å². The molecule has 116 valence electrons. The zero-order chi connectivity index (χ0) is 15.4. The molecule has 1 aromatic carbocycles. The van der Waals surface area contributed by atoms with Crippen molar-refractivity contribution in [1.82, 2.24) is 5.32 Å². The van der Waals surface area contributed by atoms with Crippen molar-refractivity contribution in [3.05, 3.63) is 47.6 Å². The van der Waals surface area contributed by atoms with E-state index in [2.05, 4.69) is 11.4 Å². The van der Waals surface area contributed by atoms with Gasteiger partial charge in [0.1, 0.15) is 11.9 Å². The molecular weight excluding hydrogens is 278 g/mol. The van der Waals surface area contributed by atoms with E-state index in [4.69, 9.17) is 9.47 Å². The summed E-state index contributed by atoms with van der Waals surface area (Å²) in [6, 6.07) is 7.90.